The van der Waals surface area contributed by atoms with Gasteiger partial charge < -0.3 is 31.1 Å². The van der Waals surface area contributed by atoms with Gasteiger partial charge >= 0.3 is 0 Å². The molecule has 3 aliphatic rings. The number of piperidine rings is 1. The molecule has 0 radical (unpaired) electrons. The first-order valence-corrected chi connectivity index (χ1v) is 16.4. The topological polar surface area (TPSA) is 163 Å². The number of hydrogen-bond donors (Lipinski definition) is 4. The lowest BCUT2D eigenvalue weighted by Crippen LogP contribution is -2.59. The smallest absolute Gasteiger partial charge is 0.246 e. The Morgan fingerprint density at radius 3 is 2.41 bits per heavy atom. The van der Waals surface area contributed by atoms with Gasteiger partial charge in [-0.1, -0.05) is 32.9 Å². The third-order valence-corrected chi connectivity index (χ3v) is 10.0. The summed E-state index contributed by atoms with van der Waals surface area (Å²) in [6.45, 7) is 10.0. The predicted molar refractivity (Wildman–Crippen MR) is 174 cm³/mol. The summed E-state index contributed by atoms with van der Waals surface area (Å²) in [5, 5.41) is 36.4. The number of aliphatic hydroxyl groups is 1. The van der Waals surface area contributed by atoms with Crippen molar-refractivity contribution in [3.63, 3.8) is 0 Å². The van der Waals surface area contributed by atoms with Crippen LogP contribution in [0.25, 0.3) is 22.4 Å². The molecule has 12 nitrogen and oxygen atoms in total. The number of para-hydroxylation sites is 1. The molecule has 1 aromatic carbocycles. The number of carbonyl (C=O) groups is 2. The molecule has 246 valence electrons. The summed E-state index contributed by atoms with van der Waals surface area (Å²) in [6, 6.07) is 8.78. The summed E-state index contributed by atoms with van der Waals surface area (Å²) in [6.07, 6.45) is 7.33. The lowest BCUT2D eigenvalue weighted by molar-refractivity contribution is -0.142. The lowest BCUT2D eigenvalue weighted by atomic mass is 9.77. The van der Waals surface area contributed by atoms with Gasteiger partial charge in [-0.3, -0.25) is 14.3 Å². The highest BCUT2D eigenvalue weighted by Gasteiger charge is 2.44. The number of nitrogen functional groups attached to an aromatic ring is 1. The summed E-state index contributed by atoms with van der Waals surface area (Å²) < 4.78 is 2.01. The molecule has 1 saturated carbocycles. The van der Waals surface area contributed by atoms with E-state index in [0.29, 0.717) is 36.1 Å². The van der Waals surface area contributed by atoms with E-state index >= 15 is 0 Å². The first-order valence-electron chi connectivity index (χ1n) is 16.4. The fourth-order valence-corrected chi connectivity index (χ4v) is 7.13. The molecule has 2 aromatic heterocycles. The molecule has 2 amide bonds. The van der Waals surface area contributed by atoms with E-state index in [-0.39, 0.29) is 35.6 Å². The minimum Gasteiger partial charge on any atom is -0.507 e. The molecule has 12 heteroatoms. The Morgan fingerprint density at radius 1 is 1.04 bits per heavy atom. The first-order chi connectivity index (χ1) is 21.9. The van der Waals surface area contributed by atoms with E-state index in [0.717, 1.165) is 49.9 Å². The highest BCUT2D eigenvalue weighted by atomic mass is 16.3. The van der Waals surface area contributed by atoms with Crippen molar-refractivity contribution in [2.24, 2.45) is 11.3 Å². The van der Waals surface area contributed by atoms with Crippen LogP contribution >= 0.6 is 0 Å². The fourth-order valence-electron chi connectivity index (χ4n) is 7.13. The standard InChI is InChI=1S/C34H46N8O4/c1-20-13-25(43)19-41(20)33(46)30(34(2,3)4)37-32(45)21-14-24(15-21)40-11-9-23(10-12-40)42-18-22(17-36-42)27-16-28(38-39-31(27)35)26-7-5-6-8-29(26)44/h5-8,16-18,20-21,23-25,30,43-44H,9-15,19H2,1-4H3,(H2,35,39)(H,37,45)/t20-,21-,24-,25-,30-/m1/s1. The van der Waals surface area contributed by atoms with Gasteiger partial charge in [0.05, 0.1) is 24.0 Å². The molecule has 3 fully saturated rings. The van der Waals surface area contributed by atoms with E-state index in [1.54, 1.807) is 29.3 Å². The van der Waals surface area contributed by atoms with Crippen molar-refractivity contribution in [3.8, 4) is 28.1 Å². The monoisotopic (exact) mass is 630 g/mol. The number of benzene rings is 1. The number of carbonyl (C=O) groups excluding carboxylic acids is 2. The number of nitrogens with two attached hydrogens (primary N) is 1. The minimum atomic E-state index is -0.628. The van der Waals surface area contributed by atoms with Crippen molar-refractivity contribution < 1.29 is 19.8 Å². The van der Waals surface area contributed by atoms with Crippen LogP contribution < -0.4 is 11.1 Å². The highest BCUT2D eigenvalue weighted by Crippen LogP contribution is 2.37. The number of phenols is 1. The minimum absolute atomic E-state index is 0.0396. The summed E-state index contributed by atoms with van der Waals surface area (Å²) in [7, 11) is 0. The molecule has 2 aliphatic heterocycles. The average molecular weight is 631 g/mol. The summed E-state index contributed by atoms with van der Waals surface area (Å²) in [5.41, 5.74) is 8.45. The van der Waals surface area contributed by atoms with Gasteiger partial charge in [0.2, 0.25) is 11.8 Å². The van der Waals surface area contributed by atoms with Crippen LogP contribution in [0.4, 0.5) is 5.82 Å². The van der Waals surface area contributed by atoms with Crippen molar-refractivity contribution in [2.45, 2.75) is 90.1 Å². The number of hydrogen-bond acceptors (Lipinski definition) is 9. The average Bonchev–Trinajstić information content (AvgIpc) is 3.61. The predicted octanol–water partition coefficient (Wildman–Crippen LogP) is 3.22. The summed E-state index contributed by atoms with van der Waals surface area (Å²) in [5.74, 6) is 0.179. The van der Waals surface area contributed by atoms with Gasteiger partial charge in [-0.2, -0.15) is 5.10 Å². The third-order valence-electron chi connectivity index (χ3n) is 10.0. The zero-order chi connectivity index (χ0) is 32.7. The molecular formula is C34H46N8O4. The molecule has 46 heavy (non-hydrogen) atoms. The number of phenolic OH excluding ortho intramolecular Hbond substituents is 1. The number of anilines is 1. The number of aromatic hydroxyl groups is 1. The number of likely N-dealkylation sites (tertiary alicyclic amines) is 2. The molecule has 6 rings (SSSR count). The van der Waals surface area contributed by atoms with E-state index in [9.17, 15) is 19.8 Å². The Morgan fingerprint density at radius 2 is 1.76 bits per heavy atom. The van der Waals surface area contributed by atoms with Crippen molar-refractivity contribution in [3.05, 3.63) is 42.7 Å². The molecule has 2 saturated heterocycles. The Balaban J connectivity index is 1.02. The SMILES string of the molecule is C[C@@H]1C[C@@H](O)CN1C(=O)[C@@H](NC(=O)[C@H]1C[C@H](N2CCC(n3cc(-c4cc(-c5ccccc5O)nnc4N)cn3)CC2)C1)C(C)(C)C. The van der Waals surface area contributed by atoms with Crippen LogP contribution in [0, 0.1) is 11.3 Å². The van der Waals surface area contributed by atoms with Gasteiger partial charge in [0, 0.05) is 60.5 Å². The molecule has 5 N–H and O–H groups in total. The van der Waals surface area contributed by atoms with Crippen LogP contribution in [0.5, 0.6) is 5.75 Å². The second-order valence-electron chi connectivity index (χ2n) is 14.4. The molecule has 3 aromatic rings. The van der Waals surface area contributed by atoms with Gasteiger partial charge in [-0.15, -0.1) is 10.2 Å². The highest BCUT2D eigenvalue weighted by molar-refractivity contribution is 5.90. The van der Waals surface area contributed by atoms with Gasteiger partial charge in [0.1, 0.15) is 11.8 Å². The van der Waals surface area contributed by atoms with Gasteiger partial charge in [-0.25, -0.2) is 0 Å². The van der Waals surface area contributed by atoms with Crippen molar-refractivity contribution in [2.75, 3.05) is 25.4 Å². The Kier molecular flexibility index (Phi) is 8.77. The van der Waals surface area contributed by atoms with E-state index in [4.69, 9.17) is 5.73 Å². The first kappa shape index (κ1) is 31.9. The third kappa shape index (κ3) is 6.46. The second kappa shape index (κ2) is 12.6. The van der Waals surface area contributed by atoms with E-state index in [2.05, 4.69) is 25.5 Å². The van der Waals surface area contributed by atoms with Crippen LogP contribution in [-0.4, -0.2) is 95.7 Å². The lowest BCUT2D eigenvalue weighted by Gasteiger charge is -2.45. The zero-order valence-electron chi connectivity index (χ0n) is 27.1. The molecule has 0 unspecified atom stereocenters. The number of aromatic nitrogens is 4. The Labute approximate surface area is 270 Å². The molecule has 0 bridgehead atoms. The maximum Gasteiger partial charge on any atom is 0.246 e. The molecular weight excluding hydrogens is 584 g/mol. The summed E-state index contributed by atoms with van der Waals surface area (Å²) >= 11 is 0. The second-order valence-corrected chi connectivity index (χ2v) is 14.4. The molecule has 0 spiro atoms. The number of amides is 2. The summed E-state index contributed by atoms with van der Waals surface area (Å²) in [4.78, 5) is 30.9. The van der Waals surface area contributed by atoms with E-state index < -0.39 is 17.6 Å². The van der Waals surface area contributed by atoms with Crippen LogP contribution in [0.1, 0.15) is 65.8 Å². The van der Waals surface area contributed by atoms with Gasteiger partial charge in [0.15, 0.2) is 5.82 Å². The van der Waals surface area contributed by atoms with Crippen LogP contribution in [0.15, 0.2) is 42.7 Å². The number of rotatable bonds is 7. The normalized spacial score (nSPS) is 24.8. The Hall–Kier alpha value is -4.03. The van der Waals surface area contributed by atoms with Crippen LogP contribution in [0.3, 0.4) is 0 Å². The van der Waals surface area contributed by atoms with E-state index in [1.807, 2.05) is 50.7 Å². The van der Waals surface area contributed by atoms with E-state index in [1.165, 1.54) is 0 Å². The molecule has 4 heterocycles. The quantitative estimate of drug-likeness (QED) is 0.307. The number of aliphatic hydroxyl groups excluding tert-OH is 1. The molecule has 1 aliphatic carbocycles. The van der Waals surface area contributed by atoms with Gasteiger partial charge in [-0.05, 0) is 62.6 Å². The maximum atomic E-state index is 13.4. The number of β-amino-alcohol motifs (C(OH)–C–C–N with tert-alkyl or cyclic N) is 1. The largest absolute Gasteiger partial charge is 0.507 e. The van der Waals surface area contributed by atoms with Crippen molar-refractivity contribution >= 4 is 17.6 Å². The van der Waals surface area contributed by atoms with Crippen LogP contribution in [-0.2, 0) is 9.59 Å². The van der Waals surface area contributed by atoms with Crippen molar-refractivity contribution in [1.82, 2.24) is 35.1 Å². The van der Waals surface area contributed by atoms with Gasteiger partial charge in [0.25, 0.3) is 0 Å². The maximum absolute atomic E-state index is 13.4. The zero-order valence-corrected chi connectivity index (χ0v) is 27.1. The molecule has 3 atom stereocenters. The fraction of sp³-hybridized carbons (Fsp3) is 0.559. The number of nitrogens with one attached hydrogen (secondary N) is 1. The Bertz CT molecular complexity index is 1570. The van der Waals surface area contributed by atoms with Crippen molar-refractivity contribution in [1.29, 1.82) is 0 Å². The van der Waals surface area contributed by atoms with Crippen LogP contribution in [0.2, 0.25) is 0 Å². The number of nitrogens with zero attached hydrogens (tertiary/aromatic N) is 6.